The Morgan fingerprint density at radius 2 is 1.67 bits per heavy atom. The largest absolute Gasteiger partial charge is 0.467 e. The predicted octanol–water partition coefficient (Wildman–Crippen LogP) is 5.30. The van der Waals surface area contributed by atoms with Gasteiger partial charge in [0.1, 0.15) is 12.3 Å². The fourth-order valence-corrected chi connectivity index (χ4v) is 5.30. The van der Waals surface area contributed by atoms with Gasteiger partial charge >= 0.3 is 0 Å². The molecule has 0 fully saturated rings. The Kier molecular flexibility index (Phi) is 5.41. The van der Waals surface area contributed by atoms with Gasteiger partial charge in [0.25, 0.3) is 5.91 Å². The molecule has 1 unspecified atom stereocenters. The number of benzene rings is 3. The molecule has 1 aliphatic heterocycles. The lowest BCUT2D eigenvalue weighted by Gasteiger charge is -2.26. The van der Waals surface area contributed by atoms with Gasteiger partial charge in [-0.1, -0.05) is 66.7 Å². The summed E-state index contributed by atoms with van der Waals surface area (Å²) in [5, 5.41) is 3.95. The van der Waals surface area contributed by atoms with Crippen molar-refractivity contribution in [2.45, 2.75) is 12.6 Å². The molecule has 6 heteroatoms. The molecule has 1 N–H and O–H groups in total. The van der Waals surface area contributed by atoms with Gasteiger partial charge < -0.3 is 19.2 Å². The maximum atomic E-state index is 13.7. The highest BCUT2D eigenvalue weighted by molar-refractivity contribution is 6.03. The van der Waals surface area contributed by atoms with E-state index in [1.54, 1.807) is 17.2 Å². The van der Waals surface area contributed by atoms with Gasteiger partial charge in [-0.25, -0.2) is 0 Å². The summed E-state index contributed by atoms with van der Waals surface area (Å²) < 4.78 is 7.51. The van der Waals surface area contributed by atoms with E-state index in [9.17, 15) is 9.59 Å². The van der Waals surface area contributed by atoms with Crippen LogP contribution in [-0.2, 0) is 18.4 Å². The number of furan rings is 1. The molecule has 6 nitrogen and oxygen atoms in total. The lowest BCUT2D eigenvalue weighted by molar-refractivity contribution is -0.122. The van der Waals surface area contributed by atoms with Gasteiger partial charge in [-0.2, -0.15) is 0 Å². The summed E-state index contributed by atoms with van der Waals surface area (Å²) in [6.45, 7) is 0.214. The molecule has 3 heterocycles. The van der Waals surface area contributed by atoms with Crippen molar-refractivity contribution in [3.8, 4) is 11.3 Å². The number of aryl methyl sites for hydroxylation is 1. The molecule has 6 rings (SSSR count). The van der Waals surface area contributed by atoms with Crippen LogP contribution in [0.3, 0.4) is 0 Å². The van der Waals surface area contributed by atoms with Crippen molar-refractivity contribution in [2.24, 2.45) is 7.05 Å². The molecule has 1 atom stereocenters. The maximum Gasteiger partial charge on any atom is 0.255 e. The second-order valence-corrected chi connectivity index (χ2v) is 8.98. The Morgan fingerprint density at radius 3 is 2.47 bits per heavy atom. The van der Waals surface area contributed by atoms with Crippen LogP contribution in [0.2, 0.25) is 0 Å². The summed E-state index contributed by atoms with van der Waals surface area (Å²) in [4.78, 5) is 28.4. The average molecular weight is 476 g/mol. The van der Waals surface area contributed by atoms with Gasteiger partial charge in [0, 0.05) is 29.1 Å². The van der Waals surface area contributed by atoms with Crippen LogP contribution in [0.1, 0.15) is 33.3 Å². The fourth-order valence-electron chi connectivity index (χ4n) is 5.30. The third-order valence-electron chi connectivity index (χ3n) is 6.88. The molecule has 0 saturated heterocycles. The molecule has 0 saturated carbocycles. The van der Waals surface area contributed by atoms with Gasteiger partial charge in [-0.15, -0.1) is 0 Å². The summed E-state index contributed by atoms with van der Waals surface area (Å²) in [6, 6.07) is 29.3. The van der Waals surface area contributed by atoms with Crippen LogP contribution in [0.15, 0.2) is 102 Å². The third kappa shape index (κ3) is 3.58. The first-order chi connectivity index (χ1) is 17.6. The topological polar surface area (TPSA) is 67.5 Å². The van der Waals surface area contributed by atoms with Crippen molar-refractivity contribution in [1.82, 2.24) is 14.8 Å². The van der Waals surface area contributed by atoms with Crippen molar-refractivity contribution in [2.75, 3.05) is 6.54 Å². The average Bonchev–Trinajstić information content (AvgIpc) is 3.60. The number of hydrogen-bond acceptors (Lipinski definition) is 3. The molecule has 0 spiro atoms. The quantitative estimate of drug-likeness (QED) is 0.362. The molecule has 1 aliphatic rings. The lowest BCUT2D eigenvalue weighted by Crippen LogP contribution is -2.39. The first-order valence-corrected chi connectivity index (χ1v) is 11.9. The number of nitrogens with zero attached hydrogens (tertiary/aromatic N) is 2. The fraction of sp³-hybridized carbons (Fsp3) is 0.133. The Labute approximate surface area is 208 Å². The van der Waals surface area contributed by atoms with Crippen LogP contribution in [0.5, 0.6) is 0 Å². The summed E-state index contributed by atoms with van der Waals surface area (Å²) >= 11 is 0. The molecule has 3 aromatic carbocycles. The minimum atomic E-state index is -0.399. The number of rotatable bonds is 6. The van der Waals surface area contributed by atoms with Crippen molar-refractivity contribution >= 4 is 22.7 Å². The molecular weight excluding hydrogens is 450 g/mol. The number of fused-ring (bicyclic) bond motifs is 2. The van der Waals surface area contributed by atoms with E-state index in [2.05, 4.69) is 41.2 Å². The number of aromatic nitrogens is 1. The van der Waals surface area contributed by atoms with Gasteiger partial charge in [-0.05, 0) is 35.4 Å². The number of carbonyl (C=O) groups excluding carboxylic acids is 2. The second kappa shape index (κ2) is 8.89. The van der Waals surface area contributed by atoms with Crippen molar-refractivity contribution in [3.63, 3.8) is 0 Å². The van der Waals surface area contributed by atoms with Gasteiger partial charge in [0.2, 0.25) is 5.91 Å². The van der Waals surface area contributed by atoms with E-state index in [1.165, 1.54) is 0 Å². The zero-order valence-electron chi connectivity index (χ0n) is 19.8. The minimum absolute atomic E-state index is 0.0592. The number of para-hydroxylation sites is 1. The second-order valence-electron chi connectivity index (χ2n) is 8.98. The molecule has 0 bridgehead atoms. The molecule has 5 aromatic rings. The smallest absolute Gasteiger partial charge is 0.255 e. The Balaban J connectivity index is 1.48. The zero-order valence-corrected chi connectivity index (χ0v) is 19.8. The Morgan fingerprint density at radius 1 is 0.917 bits per heavy atom. The van der Waals surface area contributed by atoms with Gasteiger partial charge in [-0.3, -0.25) is 9.59 Å². The standard InChI is InChI=1S/C30H25N3O3/c1-32-25-16-8-7-15-24(25)27(28(32)20-10-3-2-4-11-20)29-22-13-5-6-14-23(22)30(35)33(29)19-26(34)31-18-21-12-9-17-36-21/h2-17,29H,18-19H2,1H3,(H,31,34). The van der Waals surface area contributed by atoms with E-state index in [-0.39, 0.29) is 24.9 Å². The van der Waals surface area contributed by atoms with Crippen molar-refractivity contribution in [3.05, 3.63) is 120 Å². The number of hydrogen-bond donors (Lipinski definition) is 1. The van der Waals surface area contributed by atoms with Crippen molar-refractivity contribution in [1.29, 1.82) is 0 Å². The molecule has 0 aliphatic carbocycles. The van der Waals surface area contributed by atoms with Gasteiger partial charge in [0.15, 0.2) is 0 Å². The molecular formula is C30H25N3O3. The van der Waals surface area contributed by atoms with Crippen molar-refractivity contribution < 1.29 is 14.0 Å². The van der Waals surface area contributed by atoms with Crippen LogP contribution >= 0.6 is 0 Å². The van der Waals surface area contributed by atoms with Gasteiger partial charge in [0.05, 0.1) is 24.5 Å². The summed E-state index contributed by atoms with van der Waals surface area (Å²) in [5.74, 6) is 0.283. The number of nitrogens with one attached hydrogen (secondary N) is 1. The summed E-state index contributed by atoms with van der Waals surface area (Å²) in [6.07, 6.45) is 1.57. The highest BCUT2D eigenvalue weighted by Crippen LogP contribution is 2.46. The van der Waals surface area contributed by atoms with Crippen LogP contribution < -0.4 is 5.32 Å². The molecule has 2 amide bonds. The normalized spacial score (nSPS) is 14.9. The van der Waals surface area contributed by atoms with E-state index < -0.39 is 6.04 Å². The number of amides is 2. The lowest BCUT2D eigenvalue weighted by atomic mass is 9.93. The Hall–Kier alpha value is -4.58. The summed E-state index contributed by atoms with van der Waals surface area (Å²) in [5.41, 5.74) is 5.74. The molecule has 178 valence electrons. The summed E-state index contributed by atoms with van der Waals surface area (Å²) in [7, 11) is 2.05. The van der Waals surface area contributed by atoms with E-state index in [4.69, 9.17) is 4.42 Å². The predicted molar refractivity (Wildman–Crippen MR) is 138 cm³/mol. The number of carbonyl (C=O) groups is 2. The SMILES string of the molecule is Cn1c(-c2ccccc2)c(C2c3ccccc3C(=O)N2CC(=O)NCc2ccco2)c2ccccc21. The Bertz CT molecular complexity index is 1570. The maximum absolute atomic E-state index is 13.7. The zero-order chi connectivity index (χ0) is 24.6. The highest BCUT2D eigenvalue weighted by atomic mass is 16.3. The van der Waals surface area contributed by atoms with E-state index >= 15 is 0 Å². The first kappa shape index (κ1) is 21.9. The van der Waals surface area contributed by atoms with Crippen LogP contribution in [-0.4, -0.2) is 27.8 Å². The minimum Gasteiger partial charge on any atom is -0.467 e. The third-order valence-corrected chi connectivity index (χ3v) is 6.88. The first-order valence-electron chi connectivity index (χ1n) is 11.9. The molecule has 0 radical (unpaired) electrons. The van der Waals surface area contributed by atoms with Crippen LogP contribution in [0.25, 0.3) is 22.2 Å². The monoisotopic (exact) mass is 475 g/mol. The molecule has 2 aromatic heterocycles. The van der Waals surface area contributed by atoms with Crippen LogP contribution in [0, 0.1) is 0 Å². The van der Waals surface area contributed by atoms with E-state index in [1.807, 2.05) is 60.7 Å². The highest BCUT2D eigenvalue weighted by Gasteiger charge is 2.41. The van der Waals surface area contributed by atoms with E-state index in [0.29, 0.717) is 11.3 Å². The van der Waals surface area contributed by atoms with Crippen LogP contribution in [0.4, 0.5) is 0 Å². The van der Waals surface area contributed by atoms with E-state index in [0.717, 1.165) is 33.3 Å². The molecule has 36 heavy (non-hydrogen) atoms.